The SMILES string of the molecule is Cc1cc(C(=O)Nc2ccc(-n3nc(C)cc3C)c(F)c2)on1. The smallest absolute Gasteiger partial charge is 0.294 e. The van der Waals surface area contributed by atoms with Crippen LogP contribution in [-0.2, 0) is 0 Å². The molecule has 1 amide bonds. The van der Waals surface area contributed by atoms with Crippen LogP contribution in [0.15, 0.2) is 34.9 Å². The fourth-order valence-corrected chi connectivity index (χ4v) is 2.29. The molecule has 6 nitrogen and oxygen atoms in total. The Balaban J connectivity index is 1.85. The first-order valence-corrected chi connectivity index (χ1v) is 7.02. The highest BCUT2D eigenvalue weighted by atomic mass is 19.1. The lowest BCUT2D eigenvalue weighted by Gasteiger charge is -2.08. The van der Waals surface area contributed by atoms with Crippen molar-refractivity contribution in [2.75, 3.05) is 5.32 Å². The van der Waals surface area contributed by atoms with Gasteiger partial charge in [0.1, 0.15) is 5.69 Å². The van der Waals surface area contributed by atoms with E-state index in [1.54, 1.807) is 19.1 Å². The number of aryl methyl sites for hydroxylation is 3. The van der Waals surface area contributed by atoms with Crippen LogP contribution in [0.2, 0.25) is 0 Å². The Labute approximate surface area is 131 Å². The van der Waals surface area contributed by atoms with E-state index in [0.717, 1.165) is 11.4 Å². The number of anilines is 1. The Morgan fingerprint density at radius 3 is 2.52 bits per heavy atom. The second kappa shape index (κ2) is 5.68. The van der Waals surface area contributed by atoms with E-state index in [0.29, 0.717) is 17.1 Å². The quantitative estimate of drug-likeness (QED) is 0.806. The van der Waals surface area contributed by atoms with Crippen molar-refractivity contribution in [3.05, 3.63) is 59.0 Å². The summed E-state index contributed by atoms with van der Waals surface area (Å²) in [6.45, 7) is 5.40. The van der Waals surface area contributed by atoms with Crippen LogP contribution in [-0.4, -0.2) is 20.8 Å². The summed E-state index contributed by atoms with van der Waals surface area (Å²) in [6, 6.07) is 7.79. The Morgan fingerprint density at radius 1 is 1.17 bits per heavy atom. The van der Waals surface area contributed by atoms with Gasteiger partial charge in [-0.1, -0.05) is 5.16 Å². The summed E-state index contributed by atoms with van der Waals surface area (Å²) in [6.07, 6.45) is 0. The second-order valence-electron chi connectivity index (χ2n) is 5.29. The number of amides is 1. The lowest BCUT2D eigenvalue weighted by molar-refractivity contribution is 0.0988. The number of benzene rings is 1. The van der Waals surface area contributed by atoms with Crippen LogP contribution < -0.4 is 5.32 Å². The van der Waals surface area contributed by atoms with Crippen molar-refractivity contribution in [2.24, 2.45) is 0 Å². The van der Waals surface area contributed by atoms with Gasteiger partial charge in [-0.25, -0.2) is 9.07 Å². The van der Waals surface area contributed by atoms with Gasteiger partial charge in [-0.05, 0) is 45.0 Å². The van der Waals surface area contributed by atoms with Gasteiger partial charge in [0, 0.05) is 17.4 Å². The van der Waals surface area contributed by atoms with Crippen molar-refractivity contribution in [3.8, 4) is 5.69 Å². The number of carbonyl (C=O) groups is 1. The predicted molar refractivity (Wildman–Crippen MR) is 82.2 cm³/mol. The Hall–Kier alpha value is -2.96. The molecule has 0 spiro atoms. The Morgan fingerprint density at radius 2 is 1.96 bits per heavy atom. The maximum atomic E-state index is 14.3. The van der Waals surface area contributed by atoms with Crippen LogP contribution in [0.1, 0.15) is 27.6 Å². The van der Waals surface area contributed by atoms with Gasteiger partial charge in [0.2, 0.25) is 5.76 Å². The van der Waals surface area contributed by atoms with E-state index < -0.39 is 11.7 Å². The molecule has 0 bridgehead atoms. The molecular weight excluding hydrogens is 299 g/mol. The van der Waals surface area contributed by atoms with Crippen LogP contribution in [0.3, 0.4) is 0 Å². The van der Waals surface area contributed by atoms with E-state index >= 15 is 0 Å². The van der Waals surface area contributed by atoms with Gasteiger partial charge in [-0.2, -0.15) is 5.10 Å². The molecule has 0 saturated carbocycles. The predicted octanol–water partition coefficient (Wildman–Crippen LogP) is 3.18. The first-order chi connectivity index (χ1) is 10.9. The van der Waals surface area contributed by atoms with Crippen molar-refractivity contribution in [1.82, 2.24) is 14.9 Å². The minimum Gasteiger partial charge on any atom is -0.351 e. The minimum atomic E-state index is -0.484. The molecule has 0 saturated heterocycles. The molecule has 3 aromatic rings. The summed E-state index contributed by atoms with van der Waals surface area (Å²) >= 11 is 0. The number of hydrogen-bond acceptors (Lipinski definition) is 4. The highest BCUT2D eigenvalue weighted by Gasteiger charge is 2.14. The normalized spacial score (nSPS) is 10.8. The molecule has 0 atom stereocenters. The monoisotopic (exact) mass is 314 g/mol. The Kier molecular flexibility index (Phi) is 3.69. The topological polar surface area (TPSA) is 73.0 Å². The summed E-state index contributed by atoms with van der Waals surface area (Å²) in [4.78, 5) is 12.0. The first-order valence-electron chi connectivity index (χ1n) is 7.02. The minimum absolute atomic E-state index is 0.0746. The van der Waals surface area contributed by atoms with Crippen LogP contribution >= 0.6 is 0 Å². The lowest BCUT2D eigenvalue weighted by atomic mass is 10.2. The number of aromatic nitrogens is 3. The summed E-state index contributed by atoms with van der Waals surface area (Å²) in [5, 5.41) is 10.5. The highest BCUT2D eigenvalue weighted by Crippen LogP contribution is 2.20. The van der Waals surface area contributed by atoms with Crippen molar-refractivity contribution >= 4 is 11.6 Å². The van der Waals surface area contributed by atoms with Gasteiger partial charge in [0.15, 0.2) is 5.82 Å². The second-order valence-corrected chi connectivity index (χ2v) is 5.29. The molecule has 118 valence electrons. The molecule has 7 heteroatoms. The average Bonchev–Trinajstić information content (AvgIpc) is 3.05. The molecule has 0 unspecified atom stereocenters. The molecule has 0 fully saturated rings. The van der Waals surface area contributed by atoms with Gasteiger partial charge < -0.3 is 9.84 Å². The zero-order chi connectivity index (χ0) is 16.6. The number of nitrogens with zero attached hydrogens (tertiary/aromatic N) is 3. The van der Waals surface area contributed by atoms with Crippen LogP contribution in [0, 0.1) is 26.6 Å². The van der Waals surface area contributed by atoms with Gasteiger partial charge in [0.05, 0.1) is 11.4 Å². The van der Waals surface area contributed by atoms with Gasteiger partial charge >= 0.3 is 0 Å². The van der Waals surface area contributed by atoms with Crippen molar-refractivity contribution in [3.63, 3.8) is 0 Å². The van der Waals surface area contributed by atoms with E-state index in [4.69, 9.17) is 4.52 Å². The van der Waals surface area contributed by atoms with Crippen molar-refractivity contribution in [2.45, 2.75) is 20.8 Å². The van der Waals surface area contributed by atoms with E-state index in [1.807, 2.05) is 19.9 Å². The maximum Gasteiger partial charge on any atom is 0.294 e. The van der Waals surface area contributed by atoms with E-state index in [-0.39, 0.29) is 5.76 Å². The largest absolute Gasteiger partial charge is 0.351 e. The lowest BCUT2D eigenvalue weighted by Crippen LogP contribution is -2.11. The summed E-state index contributed by atoms with van der Waals surface area (Å²) in [5.74, 6) is -0.892. The van der Waals surface area contributed by atoms with E-state index in [1.165, 1.54) is 16.8 Å². The summed E-state index contributed by atoms with van der Waals surface area (Å²) in [7, 11) is 0. The van der Waals surface area contributed by atoms with Gasteiger partial charge in [-0.3, -0.25) is 4.79 Å². The fourth-order valence-electron chi connectivity index (χ4n) is 2.29. The maximum absolute atomic E-state index is 14.3. The molecule has 2 aromatic heterocycles. The molecule has 0 aliphatic heterocycles. The molecule has 1 aromatic carbocycles. The van der Waals surface area contributed by atoms with Crippen LogP contribution in [0.25, 0.3) is 5.69 Å². The standard InChI is InChI=1S/C16H15FN4O2/c1-9-6-11(3)21(19-9)14-5-4-12(8-13(14)17)18-16(22)15-7-10(2)20-23-15/h4-8H,1-3H3,(H,18,22). The fraction of sp³-hybridized carbons (Fsp3) is 0.188. The first kappa shape index (κ1) is 15.0. The molecule has 3 rings (SSSR count). The number of rotatable bonds is 3. The zero-order valence-corrected chi connectivity index (χ0v) is 12.9. The molecule has 0 aliphatic carbocycles. The van der Waals surface area contributed by atoms with Gasteiger partial charge in [-0.15, -0.1) is 0 Å². The van der Waals surface area contributed by atoms with Crippen LogP contribution in [0.5, 0.6) is 0 Å². The number of hydrogen-bond donors (Lipinski definition) is 1. The van der Waals surface area contributed by atoms with Crippen LogP contribution in [0.4, 0.5) is 10.1 Å². The molecule has 23 heavy (non-hydrogen) atoms. The third-order valence-electron chi connectivity index (χ3n) is 3.30. The summed E-state index contributed by atoms with van der Waals surface area (Å²) in [5.41, 5.74) is 2.88. The van der Waals surface area contributed by atoms with Crippen molar-refractivity contribution in [1.29, 1.82) is 0 Å². The highest BCUT2D eigenvalue weighted by molar-refractivity contribution is 6.02. The molecule has 1 N–H and O–H groups in total. The number of halogens is 1. The Bertz CT molecular complexity index is 882. The molecule has 2 heterocycles. The van der Waals surface area contributed by atoms with E-state index in [2.05, 4.69) is 15.6 Å². The summed E-state index contributed by atoms with van der Waals surface area (Å²) < 4.78 is 20.7. The van der Waals surface area contributed by atoms with Gasteiger partial charge in [0.25, 0.3) is 5.91 Å². The third-order valence-corrected chi connectivity index (χ3v) is 3.30. The van der Waals surface area contributed by atoms with Crippen molar-refractivity contribution < 1.29 is 13.7 Å². The molecule has 0 radical (unpaired) electrons. The molecule has 0 aliphatic rings. The number of carbonyl (C=O) groups excluding carboxylic acids is 1. The number of nitrogens with one attached hydrogen (secondary N) is 1. The zero-order valence-electron chi connectivity index (χ0n) is 12.9. The van der Waals surface area contributed by atoms with E-state index in [9.17, 15) is 9.18 Å². The average molecular weight is 314 g/mol. The molecular formula is C16H15FN4O2. The third kappa shape index (κ3) is 2.98.